The van der Waals surface area contributed by atoms with Crippen LogP contribution in [-0.2, 0) is 4.74 Å². The van der Waals surface area contributed by atoms with Gasteiger partial charge in [0.1, 0.15) is 0 Å². The van der Waals surface area contributed by atoms with E-state index in [0.29, 0.717) is 16.3 Å². The Balaban J connectivity index is 1.69. The number of aromatic nitrogens is 1. The Bertz CT molecular complexity index is 750. The van der Waals surface area contributed by atoms with E-state index in [-0.39, 0.29) is 12.0 Å². The number of anilines is 2. The molecule has 1 amide bonds. The number of pyridine rings is 1. The van der Waals surface area contributed by atoms with Crippen molar-refractivity contribution in [3.8, 4) is 0 Å². The van der Waals surface area contributed by atoms with E-state index in [2.05, 4.69) is 15.6 Å². The Morgan fingerprint density at radius 2 is 2.16 bits per heavy atom. The Kier molecular flexibility index (Phi) is 5.56. The molecule has 1 fully saturated rings. The number of nitrogens with one attached hydrogen (secondary N) is 2. The second kappa shape index (κ2) is 7.85. The monoisotopic (exact) mass is 359 g/mol. The quantitative estimate of drug-likeness (QED) is 0.840. The highest BCUT2D eigenvalue weighted by Gasteiger charge is 2.16. The highest BCUT2D eigenvalue weighted by atomic mass is 35.5. The van der Waals surface area contributed by atoms with Crippen LogP contribution in [0.2, 0.25) is 5.02 Å². The van der Waals surface area contributed by atoms with Crippen molar-refractivity contribution in [2.24, 2.45) is 0 Å². The van der Waals surface area contributed by atoms with Crippen LogP contribution in [0.25, 0.3) is 0 Å². The molecule has 0 spiro atoms. The first-order valence-electron chi connectivity index (χ1n) is 8.41. The summed E-state index contributed by atoms with van der Waals surface area (Å²) in [6.07, 6.45) is 5.64. The van der Waals surface area contributed by atoms with Gasteiger partial charge < -0.3 is 15.4 Å². The van der Waals surface area contributed by atoms with Gasteiger partial charge in [-0.2, -0.15) is 0 Å². The molecule has 1 aliphatic heterocycles. The minimum Gasteiger partial charge on any atom is -0.381 e. The lowest BCUT2D eigenvalue weighted by Crippen LogP contribution is -2.19. The fourth-order valence-electron chi connectivity index (χ4n) is 2.96. The minimum absolute atomic E-state index is 0.228. The fraction of sp³-hybridized carbons (Fsp3) is 0.368. The van der Waals surface area contributed by atoms with Crippen LogP contribution in [0.4, 0.5) is 11.4 Å². The van der Waals surface area contributed by atoms with E-state index in [0.717, 1.165) is 42.8 Å². The summed E-state index contributed by atoms with van der Waals surface area (Å²) < 4.78 is 5.59. The SMILES string of the molecule is Cc1cc(C)c(NC(=O)c2cncc(NCC3CCCO3)c2)c(Cl)c1. The standard InChI is InChI=1S/C19H22ClN3O2/c1-12-6-13(2)18(17(20)7-12)23-19(24)14-8-15(10-21-9-14)22-11-16-4-3-5-25-16/h6-10,16,22H,3-5,11H2,1-2H3,(H,23,24). The van der Waals surface area contributed by atoms with Gasteiger partial charge in [-0.05, 0) is 49.9 Å². The van der Waals surface area contributed by atoms with Gasteiger partial charge in [-0.1, -0.05) is 17.7 Å². The van der Waals surface area contributed by atoms with Crippen LogP contribution < -0.4 is 10.6 Å². The molecule has 2 heterocycles. The van der Waals surface area contributed by atoms with Gasteiger partial charge in [0.2, 0.25) is 0 Å². The van der Waals surface area contributed by atoms with Crippen LogP contribution in [-0.4, -0.2) is 30.1 Å². The zero-order valence-corrected chi connectivity index (χ0v) is 15.2. The number of aryl methyl sites for hydroxylation is 2. The number of ether oxygens (including phenoxy) is 1. The van der Waals surface area contributed by atoms with Crippen molar-refractivity contribution >= 4 is 28.9 Å². The molecule has 1 aliphatic rings. The Morgan fingerprint density at radius 1 is 1.32 bits per heavy atom. The van der Waals surface area contributed by atoms with Crippen molar-refractivity contribution in [1.29, 1.82) is 0 Å². The fourth-order valence-corrected chi connectivity index (χ4v) is 3.33. The number of amides is 1. The third-order valence-electron chi connectivity index (χ3n) is 4.23. The number of halogens is 1. The number of hydrogen-bond acceptors (Lipinski definition) is 4. The van der Waals surface area contributed by atoms with Gasteiger partial charge in [0.25, 0.3) is 5.91 Å². The molecule has 0 saturated carbocycles. The van der Waals surface area contributed by atoms with Gasteiger partial charge in [-0.15, -0.1) is 0 Å². The summed E-state index contributed by atoms with van der Waals surface area (Å²) in [6, 6.07) is 5.61. The second-order valence-corrected chi connectivity index (χ2v) is 6.78. The Labute approximate surface area is 152 Å². The summed E-state index contributed by atoms with van der Waals surface area (Å²) in [5, 5.41) is 6.70. The molecule has 1 atom stereocenters. The Hall–Kier alpha value is -2.11. The number of benzene rings is 1. The van der Waals surface area contributed by atoms with Crippen LogP contribution in [0.5, 0.6) is 0 Å². The molecule has 0 aliphatic carbocycles. The first kappa shape index (κ1) is 17.7. The van der Waals surface area contributed by atoms with Gasteiger partial charge >= 0.3 is 0 Å². The summed E-state index contributed by atoms with van der Waals surface area (Å²) >= 11 is 6.26. The van der Waals surface area contributed by atoms with Crippen molar-refractivity contribution in [2.75, 3.05) is 23.8 Å². The highest BCUT2D eigenvalue weighted by molar-refractivity contribution is 6.34. The predicted molar refractivity (Wildman–Crippen MR) is 101 cm³/mol. The number of carbonyl (C=O) groups is 1. The molecular formula is C19H22ClN3O2. The molecule has 5 nitrogen and oxygen atoms in total. The van der Waals surface area contributed by atoms with Crippen molar-refractivity contribution in [2.45, 2.75) is 32.8 Å². The summed E-state index contributed by atoms with van der Waals surface area (Å²) in [5.41, 5.74) is 3.90. The van der Waals surface area contributed by atoms with Crippen molar-refractivity contribution in [3.63, 3.8) is 0 Å². The number of rotatable bonds is 5. The first-order valence-corrected chi connectivity index (χ1v) is 8.79. The molecule has 1 saturated heterocycles. The lowest BCUT2D eigenvalue weighted by molar-refractivity contribution is 0.102. The molecule has 132 valence electrons. The van der Waals surface area contributed by atoms with Gasteiger partial charge in [0, 0.05) is 25.5 Å². The molecule has 3 rings (SSSR count). The van der Waals surface area contributed by atoms with Crippen molar-refractivity contribution in [3.05, 3.63) is 52.3 Å². The normalized spacial score (nSPS) is 16.7. The molecule has 0 bridgehead atoms. The van der Waals surface area contributed by atoms with Gasteiger partial charge in [0.15, 0.2) is 0 Å². The van der Waals surface area contributed by atoms with E-state index in [1.165, 1.54) is 0 Å². The Morgan fingerprint density at radius 3 is 2.88 bits per heavy atom. The van der Waals surface area contributed by atoms with E-state index in [4.69, 9.17) is 16.3 Å². The number of carbonyl (C=O) groups excluding carboxylic acids is 1. The summed E-state index contributed by atoms with van der Waals surface area (Å²) in [7, 11) is 0. The smallest absolute Gasteiger partial charge is 0.257 e. The van der Waals surface area contributed by atoms with E-state index >= 15 is 0 Å². The largest absolute Gasteiger partial charge is 0.381 e. The van der Waals surface area contributed by atoms with Crippen LogP contribution in [0.15, 0.2) is 30.6 Å². The number of nitrogens with zero attached hydrogens (tertiary/aromatic N) is 1. The maximum absolute atomic E-state index is 12.6. The average molecular weight is 360 g/mol. The van der Waals surface area contributed by atoms with E-state index in [1.807, 2.05) is 26.0 Å². The third kappa shape index (κ3) is 4.50. The highest BCUT2D eigenvalue weighted by Crippen LogP contribution is 2.28. The second-order valence-electron chi connectivity index (χ2n) is 6.37. The molecule has 25 heavy (non-hydrogen) atoms. The van der Waals surface area contributed by atoms with Gasteiger partial charge in [0.05, 0.1) is 28.1 Å². The molecule has 1 unspecified atom stereocenters. The molecular weight excluding hydrogens is 338 g/mol. The predicted octanol–water partition coefficient (Wildman–Crippen LogP) is 4.20. The van der Waals surface area contributed by atoms with E-state index in [1.54, 1.807) is 18.5 Å². The van der Waals surface area contributed by atoms with Crippen LogP contribution >= 0.6 is 11.6 Å². The van der Waals surface area contributed by atoms with Crippen LogP contribution in [0.1, 0.15) is 34.3 Å². The van der Waals surface area contributed by atoms with Crippen molar-refractivity contribution < 1.29 is 9.53 Å². The molecule has 1 aromatic carbocycles. The average Bonchev–Trinajstić information content (AvgIpc) is 3.10. The molecule has 2 aromatic rings. The molecule has 1 aromatic heterocycles. The number of hydrogen-bond donors (Lipinski definition) is 2. The maximum atomic E-state index is 12.6. The van der Waals surface area contributed by atoms with Gasteiger partial charge in [-0.25, -0.2) is 0 Å². The maximum Gasteiger partial charge on any atom is 0.257 e. The minimum atomic E-state index is -0.234. The van der Waals surface area contributed by atoms with Crippen LogP contribution in [0, 0.1) is 13.8 Å². The molecule has 6 heteroatoms. The molecule has 2 N–H and O–H groups in total. The van der Waals surface area contributed by atoms with Gasteiger partial charge in [-0.3, -0.25) is 9.78 Å². The van der Waals surface area contributed by atoms with Crippen LogP contribution in [0.3, 0.4) is 0 Å². The third-order valence-corrected chi connectivity index (χ3v) is 4.53. The first-order chi connectivity index (χ1) is 12.0. The zero-order chi connectivity index (χ0) is 17.8. The van der Waals surface area contributed by atoms with Crippen molar-refractivity contribution in [1.82, 2.24) is 4.98 Å². The topological polar surface area (TPSA) is 63.2 Å². The lowest BCUT2D eigenvalue weighted by atomic mass is 10.1. The summed E-state index contributed by atoms with van der Waals surface area (Å²) in [6.45, 7) is 5.43. The van der Waals surface area contributed by atoms with E-state index < -0.39 is 0 Å². The molecule has 0 radical (unpaired) electrons. The zero-order valence-electron chi connectivity index (χ0n) is 14.4. The summed E-state index contributed by atoms with van der Waals surface area (Å²) in [5.74, 6) is -0.234. The summed E-state index contributed by atoms with van der Waals surface area (Å²) in [4.78, 5) is 16.7. The lowest BCUT2D eigenvalue weighted by Gasteiger charge is -2.13. The van der Waals surface area contributed by atoms with E-state index in [9.17, 15) is 4.79 Å².